The summed E-state index contributed by atoms with van der Waals surface area (Å²) < 4.78 is 0. The fourth-order valence-electron chi connectivity index (χ4n) is 2.39. The Morgan fingerprint density at radius 3 is 2.95 bits per heavy atom. The summed E-state index contributed by atoms with van der Waals surface area (Å²) >= 11 is 0. The van der Waals surface area contributed by atoms with Crippen molar-refractivity contribution >= 4 is 11.6 Å². The Kier molecular flexibility index (Phi) is 3.78. The van der Waals surface area contributed by atoms with Gasteiger partial charge in [-0.1, -0.05) is 12.1 Å². The van der Waals surface area contributed by atoms with Crippen molar-refractivity contribution in [1.29, 1.82) is 0 Å². The molecule has 1 aliphatic heterocycles. The molecule has 1 fully saturated rings. The highest BCUT2D eigenvalue weighted by Crippen LogP contribution is 2.27. The average Bonchev–Trinajstić information content (AvgIpc) is 2.83. The van der Waals surface area contributed by atoms with Crippen LogP contribution in [-0.2, 0) is 0 Å². The third-order valence-corrected chi connectivity index (χ3v) is 3.45. The third-order valence-electron chi connectivity index (χ3n) is 3.45. The van der Waals surface area contributed by atoms with E-state index in [0.717, 1.165) is 32.6 Å². The van der Waals surface area contributed by atoms with Crippen molar-refractivity contribution in [3.63, 3.8) is 0 Å². The summed E-state index contributed by atoms with van der Waals surface area (Å²) in [6, 6.07) is 6.53. The van der Waals surface area contributed by atoms with Crippen molar-refractivity contribution in [3.8, 4) is 11.4 Å². The van der Waals surface area contributed by atoms with Crippen molar-refractivity contribution in [2.24, 2.45) is 0 Å². The predicted molar refractivity (Wildman–Crippen MR) is 78.2 cm³/mol. The van der Waals surface area contributed by atoms with Gasteiger partial charge in [-0.05, 0) is 19.0 Å². The summed E-state index contributed by atoms with van der Waals surface area (Å²) in [7, 11) is 0. The van der Waals surface area contributed by atoms with Gasteiger partial charge in [0.2, 0.25) is 5.95 Å². The minimum Gasteiger partial charge on any atom is -0.338 e. The fourth-order valence-corrected chi connectivity index (χ4v) is 2.39. The lowest BCUT2D eigenvalue weighted by atomic mass is 10.2. The molecule has 8 heteroatoms. The van der Waals surface area contributed by atoms with Gasteiger partial charge < -0.3 is 10.2 Å². The monoisotopic (exact) mass is 288 g/mol. The van der Waals surface area contributed by atoms with Crippen LogP contribution in [0.25, 0.3) is 11.4 Å². The SMILES string of the molecule is O=[N+]([O-])c1ccccc1-c1nc(N2CCCNCC2)n[nH]1. The lowest BCUT2D eigenvalue weighted by Gasteiger charge is -2.16. The van der Waals surface area contributed by atoms with E-state index in [1.165, 1.54) is 6.07 Å². The number of rotatable bonds is 3. The lowest BCUT2D eigenvalue weighted by Crippen LogP contribution is -2.28. The standard InChI is InChI=1S/C13H16N6O2/c20-19(21)11-5-2-1-4-10(11)12-15-13(17-16-12)18-8-3-6-14-7-9-18/h1-2,4-5,14H,3,6-9H2,(H,15,16,17). The number of nitrogens with one attached hydrogen (secondary N) is 2. The average molecular weight is 288 g/mol. The van der Waals surface area contributed by atoms with E-state index in [1.54, 1.807) is 18.2 Å². The summed E-state index contributed by atoms with van der Waals surface area (Å²) in [6.45, 7) is 3.57. The van der Waals surface area contributed by atoms with Crippen LogP contribution in [0.1, 0.15) is 6.42 Å². The second-order valence-electron chi connectivity index (χ2n) is 4.85. The fraction of sp³-hybridized carbons (Fsp3) is 0.385. The second-order valence-corrected chi connectivity index (χ2v) is 4.85. The van der Waals surface area contributed by atoms with Gasteiger partial charge in [0, 0.05) is 25.7 Å². The zero-order valence-corrected chi connectivity index (χ0v) is 11.5. The van der Waals surface area contributed by atoms with Gasteiger partial charge >= 0.3 is 0 Å². The molecule has 2 heterocycles. The molecule has 21 heavy (non-hydrogen) atoms. The van der Waals surface area contributed by atoms with Gasteiger partial charge in [0.1, 0.15) is 0 Å². The van der Waals surface area contributed by atoms with Gasteiger partial charge in [0.15, 0.2) is 5.82 Å². The normalized spacial score (nSPS) is 15.7. The number of H-pyrrole nitrogens is 1. The van der Waals surface area contributed by atoms with Gasteiger partial charge in [-0.3, -0.25) is 15.2 Å². The molecule has 0 saturated carbocycles. The Morgan fingerprint density at radius 1 is 1.24 bits per heavy atom. The second kappa shape index (κ2) is 5.88. The van der Waals surface area contributed by atoms with Crippen LogP contribution in [0.3, 0.4) is 0 Å². The molecule has 1 aromatic heterocycles. The maximum absolute atomic E-state index is 11.1. The molecule has 0 unspecified atom stereocenters. The molecule has 8 nitrogen and oxygen atoms in total. The molecule has 3 rings (SSSR count). The first kappa shape index (κ1) is 13.5. The first-order chi connectivity index (χ1) is 10.3. The number of anilines is 1. The summed E-state index contributed by atoms with van der Waals surface area (Å²) in [5.74, 6) is 1.02. The van der Waals surface area contributed by atoms with E-state index in [9.17, 15) is 10.1 Å². The number of nitro groups is 1. The van der Waals surface area contributed by atoms with Crippen molar-refractivity contribution in [1.82, 2.24) is 20.5 Å². The van der Waals surface area contributed by atoms with E-state index in [1.807, 2.05) is 0 Å². The van der Waals surface area contributed by atoms with Crippen LogP contribution in [-0.4, -0.2) is 46.3 Å². The van der Waals surface area contributed by atoms with Crippen LogP contribution in [0, 0.1) is 10.1 Å². The molecule has 0 radical (unpaired) electrons. The lowest BCUT2D eigenvalue weighted by molar-refractivity contribution is -0.384. The largest absolute Gasteiger partial charge is 0.338 e. The Bertz CT molecular complexity index is 633. The minimum atomic E-state index is -0.409. The number of aromatic amines is 1. The van der Waals surface area contributed by atoms with Gasteiger partial charge in [0.05, 0.1) is 10.5 Å². The molecule has 0 amide bonds. The van der Waals surface area contributed by atoms with E-state index in [0.29, 0.717) is 17.3 Å². The topological polar surface area (TPSA) is 100.0 Å². The van der Waals surface area contributed by atoms with Crippen LogP contribution in [0.4, 0.5) is 11.6 Å². The minimum absolute atomic E-state index is 0.0257. The molecule has 0 atom stereocenters. The number of nitro benzene ring substituents is 1. The van der Waals surface area contributed by atoms with Gasteiger partial charge in [-0.15, -0.1) is 5.10 Å². The van der Waals surface area contributed by atoms with Crippen LogP contribution >= 0.6 is 0 Å². The zero-order chi connectivity index (χ0) is 14.7. The van der Waals surface area contributed by atoms with Crippen LogP contribution < -0.4 is 10.2 Å². The number of benzene rings is 1. The molecular weight excluding hydrogens is 272 g/mol. The Hall–Kier alpha value is -2.48. The predicted octanol–water partition coefficient (Wildman–Crippen LogP) is 1.18. The highest BCUT2D eigenvalue weighted by Gasteiger charge is 2.19. The Labute approximate surface area is 121 Å². The first-order valence-corrected chi connectivity index (χ1v) is 6.87. The molecule has 1 saturated heterocycles. The number of hydrogen-bond donors (Lipinski definition) is 2. The summed E-state index contributed by atoms with van der Waals surface area (Å²) in [5.41, 5.74) is 0.479. The van der Waals surface area contributed by atoms with Gasteiger partial charge in [-0.2, -0.15) is 4.98 Å². The van der Waals surface area contributed by atoms with Gasteiger partial charge in [0.25, 0.3) is 5.69 Å². The number of para-hydroxylation sites is 1. The van der Waals surface area contributed by atoms with Crippen LogP contribution in [0.2, 0.25) is 0 Å². The maximum Gasteiger partial charge on any atom is 0.280 e. The smallest absolute Gasteiger partial charge is 0.280 e. The Balaban J connectivity index is 1.89. The summed E-state index contributed by atoms with van der Waals surface area (Å²) in [4.78, 5) is 17.2. The zero-order valence-electron chi connectivity index (χ0n) is 11.5. The molecule has 0 bridgehead atoms. The quantitative estimate of drug-likeness (QED) is 0.650. The van der Waals surface area contributed by atoms with E-state index in [4.69, 9.17) is 0 Å². The first-order valence-electron chi connectivity index (χ1n) is 6.87. The molecule has 1 aliphatic rings. The van der Waals surface area contributed by atoms with Crippen molar-refractivity contribution in [2.45, 2.75) is 6.42 Å². The third kappa shape index (κ3) is 2.84. The molecule has 0 aliphatic carbocycles. The van der Waals surface area contributed by atoms with Crippen LogP contribution in [0.15, 0.2) is 24.3 Å². The van der Waals surface area contributed by atoms with Crippen LogP contribution in [0.5, 0.6) is 0 Å². The van der Waals surface area contributed by atoms with E-state index >= 15 is 0 Å². The van der Waals surface area contributed by atoms with Gasteiger partial charge in [-0.25, -0.2) is 0 Å². The number of aromatic nitrogens is 3. The molecule has 110 valence electrons. The maximum atomic E-state index is 11.1. The van der Waals surface area contributed by atoms with E-state index in [2.05, 4.69) is 25.4 Å². The van der Waals surface area contributed by atoms with Crippen molar-refractivity contribution in [3.05, 3.63) is 34.4 Å². The van der Waals surface area contributed by atoms with E-state index in [-0.39, 0.29) is 5.69 Å². The van der Waals surface area contributed by atoms with E-state index < -0.39 is 4.92 Å². The van der Waals surface area contributed by atoms with Crippen molar-refractivity contribution < 1.29 is 4.92 Å². The number of nitrogens with zero attached hydrogens (tertiary/aromatic N) is 4. The summed E-state index contributed by atoms with van der Waals surface area (Å²) in [5, 5.41) is 21.4. The molecule has 2 aromatic rings. The highest BCUT2D eigenvalue weighted by molar-refractivity contribution is 5.68. The molecule has 1 aromatic carbocycles. The number of hydrogen-bond acceptors (Lipinski definition) is 6. The summed E-state index contributed by atoms with van der Waals surface area (Å²) in [6.07, 6.45) is 1.02. The molecular formula is C13H16N6O2. The highest BCUT2D eigenvalue weighted by atomic mass is 16.6. The van der Waals surface area contributed by atoms with Crippen molar-refractivity contribution in [2.75, 3.05) is 31.1 Å². The Morgan fingerprint density at radius 2 is 2.10 bits per heavy atom. The molecule has 2 N–H and O–H groups in total. The molecule has 0 spiro atoms.